The smallest absolute Gasteiger partial charge is 0.0466 e. The summed E-state index contributed by atoms with van der Waals surface area (Å²) in [7, 11) is 0. The van der Waals surface area contributed by atoms with Gasteiger partial charge in [0.1, 0.15) is 0 Å². The average molecular weight is 398 g/mol. The quantitative estimate of drug-likeness (QED) is 0.695. The molecule has 10 radical (unpaired) electrons. The SMILES string of the molecule is C1CCOC1.[CH]1[CH][CH][C](C[C]2[CH][CH][CH][CH]2)[CH]1.[W]. The minimum absolute atomic E-state index is 0. The Morgan fingerprint density at radius 1 is 0.765 bits per heavy atom. The normalized spacial score (nSPS) is 25.4. The van der Waals surface area contributed by atoms with Crippen molar-refractivity contribution in [3.8, 4) is 0 Å². The Hall–Kier alpha value is 0.648. The summed E-state index contributed by atoms with van der Waals surface area (Å²) in [5, 5.41) is 0. The van der Waals surface area contributed by atoms with Crippen LogP contribution in [-0.2, 0) is 25.8 Å². The Balaban J connectivity index is 0.000000205. The molecule has 2 saturated carbocycles. The van der Waals surface area contributed by atoms with Gasteiger partial charge in [-0.15, -0.1) is 0 Å². The molecule has 1 heterocycles. The predicted octanol–water partition coefficient (Wildman–Crippen LogP) is 2.98. The molecule has 1 nitrogen and oxygen atoms in total. The molecular formula is C15H18OW. The molecule has 2 aliphatic carbocycles. The van der Waals surface area contributed by atoms with E-state index in [2.05, 4.69) is 51.4 Å². The summed E-state index contributed by atoms with van der Waals surface area (Å²) in [6.45, 7) is 2.00. The molecule has 0 bridgehead atoms. The van der Waals surface area contributed by atoms with Crippen LogP contribution in [0.1, 0.15) is 19.3 Å². The maximum Gasteiger partial charge on any atom is 0.0466 e. The van der Waals surface area contributed by atoms with Crippen molar-refractivity contribution in [1.82, 2.24) is 0 Å². The number of ether oxygens (including phenoxy) is 1. The van der Waals surface area contributed by atoms with E-state index in [-0.39, 0.29) is 21.1 Å². The van der Waals surface area contributed by atoms with E-state index in [0.717, 1.165) is 19.6 Å². The maximum absolute atomic E-state index is 4.94. The van der Waals surface area contributed by atoms with Crippen molar-refractivity contribution in [2.75, 3.05) is 13.2 Å². The van der Waals surface area contributed by atoms with E-state index in [1.165, 1.54) is 24.7 Å². The van der Waals surface area contributed by atoms with Crippen LogP contribution < -0.4 is 0 Å². The van der Waals surface area contributed by atoms with Gasteiger partial charge in [0.15, 0.2) is 0 Å². The van der Waals surface area contributed by atoms with Gasteiger partial charge < -0.3 is 4.74 Å². The van der Waals surface area contributed by atoms with Crippen LogP contribution in [0.3, 0.4) is 0 Å². The summed E-state index contributed by atoms with van der Waals surface area (Å²) < 4.78 is 4.94. The van der Waals surface area contributed by atoms with Crippen molar-refractivity contribution in [1.29, 1.82) is 0 Å². The summed E-state index contributed by atoms with van der Waals surface area (Å²) in [5.41, 5.74) is 0. The third-order valence-corrected chi connectivity index (χ3v) is 2.70. The van der Waals surface area contributed by atoms with Gasteiger partial charge in [-0.1, -0.05) is 0 Å². The zero-order chi connectivity index (χ0) is 11.1. The van der Waals surface area contributed by atoms with Gasteiger partial charge in [-0.2, -0.15) is 0 Å². The zero-order valence-electron chi connectivity index (χ0n) is 9.97. The van der Waals surface area contributed by atoms with Crippen LogP contribution in [0.5, 0.6) is 0 Å². The number of rotatable bonds is 2. The summed E-state index contributed by atoms with van der Waals surface area (Å²) in [5.74, 6) is 2.80. The monoisotopic (exact) mass is 398 g/mol. The van der Waals surface area contributed by atoms with Gasteiger partial charge >= 0.3 is 0 Å². The summed E-state index contributed by atoms with van der Waals surface area (Å²) in [6, 6.07) is 0. The van der Waals surface area contributed by atoms with Crippen molar-refractivity contribution in [2.45, 2.75) is 19.3 Å². The van der Waals surface area contributed by atoms with Crippen LogP contribution >= 0.6 is 0 Å². The molecule has 90 valence electrons. The second-order valence-electron chi connectivity index (χ2n) is 4.08. The molecule has 3 fully saturated rings. The summed E-state index contributed by atoms with van der Waals surface area (Å²) in [4.78, 5) is 0. The molecule has 3 rings (SSSR count). The molecule has 0 N–H and O–H groups in total. The average Bonchev–Trinajstić information content (AvgIpc) is 3.05. The van der Waals surface area contributed by atoms with Crippen molar-refractivity contribution >= 4 is 0 Å². The molecule has 0 aromatic heterocycles. The number of hydrogen-bond acceptors (Lipinski definition) is 1. The van der Waals surface area contributed by atoms with Gasteiger partial charge in [0, 0.05) is 34.3 Å². The fourth-order valence-corrected chi connectivity index (χ4v) is 1.81. The summed E-state index contributed by atoms with van der Waals surface area (Å²) in [6.07, 6.45) is 20.6. The molecule has 0 amide bonds. The van der Waals surface area contributed by atoms with Crippen LogP contribution in [0.4, 0.5) is 0 Å². The minimum Gasteiger partial charge on any atom is -0.381 e. The molecule has 2 heteroatoms. The number of hydrogen-bond donors (Lipinski definition) is 0. The molecule has 17 heavy (non-hydrogen) atoms. The van der Waals surface area contributed by atoms with Gasteiger partial charge in [0.05, 0.1) is 0 Å². The Kier molecular flexibility index (Phi) is 8.83. The Labute approximate surface area is 121 Å². The maximum atomic E-state index is 4.94. The van der Waals surface area contributed by atoms with Gasteiger partial charge in [0.25, 0.3) is 0 Å². The topological polar surface area (TPSA) is 9.23 Å². The first-order valence-electron chi connectivity index (χ1n) is 5.94. The van der Waals surface area contributed by atoms with E-state index >= 15 is 0 Å². The third kappa shape index (κ3) is 6.39. The largest absolute Gasteiger partial charge is 0.381 e. The molecule has 0 unspecified atom stereocenters. The molecule has 0 atom stereocenters. The van der Waals surface area contributed by atoms with E-state index in [9.17, 15) is 0 Å². The Morgan fingerprint density at radius 2 is 1.18 bits per heavy atom. The van der Waals surface area contributed by atoms with Crippen LogP contribution in [-0.4, -0.2) is 13.2 Å². The van der Waals surface area contributed by atoms with Crippen molar-refractivity contribution in [2.24, 2.45) is 0 Å². The molecular weight excluding hydrogens is 380 g/mol. The minimum atomic E-state index is 0. The van der Waals surface area contributed by atoms with Gasteiger partial charge in [-0.3, -0.25) is 0 Å². The van der Waals surface area contributed by atoms with Crippen LogP contribution in [0.25, 0.3) is 0 Å². The first-order valence-corrected chi connectivity index (χ1v) is 5.94. The van der Waals surface area contributed by atoms with Gasteiger partial charge in [-0.25, -0.2) is 0 Å². The Morgan fingerprint density at radius 3 is 1.47 bits per heavy atom. The van der Waals surface area contributed by atoms with Crippen LogP contribution in [0.2, 0.25) is 0 Å². The predicted molar refractivity (Wildman–Crippen MR) is 65.6 cm³/mol. The molecule has 1 saturated heterocycles. The van der Waals surface area contributed by atoms with E-state index in [0.29, 0.717) is 0 Å². The zero-order valence-corrected chi connectivity index (χ0v) is 12.9. The van der Waals surface area contributed by atoms with E-state index in [4.69, 9.17) is 4.74 Å². The van der Waals surface area contributed by atoms with Gasteiger partial charge in [-0.05, 0) is 82.5 Å². The summed E-state index contributed by atoms with van der Waals surface area (Å²) >= 11 is 0. The first kappa shape index (κ1) is 15.7. The molecule has 0 spiro atoms. The van der Waals surface area contributed by atoms with E-state index in [1.54, 1.807) is 0 Å². The fraction of sp³-hybridized carbons (Fsp3) is 0.333. The first-order chi connectivity index (χ1) is 7.95. The van der Waals surface area contributed by atoms with Crippen molar-refractivity contribution in [3.05, 3.63) is 63.2 Å². The third-order valence-electron chi connectivity index (χ3n) is 2.70. The van der Waals surface area contributed by atoms with Crippen molar-refractivity contribution < 1.29 is 25.8 Å². The van der Waals surface area contributed by atoms with Crippen LogP contribution in [0, 0.1) is 63.2 Å². The second-order valence-corrected chi connectivity index (χ2v) is 4.08. The molecule has 0 aromatic carbocycles. The van der Waals surface area contributed by atoms with Crippen molar-refractivity contribution in [3.63, 3.8) is 0 Å². The molecule has 1 aliphatic heterocycles. The standard InChI is InChI=1S/C11H10.C4H8O.W/c1-2-6-10(5-1)9-11-7-3-4-8-11;1-2-4-5-3-1;/h1-8H,9H2;1-4H2;. The fourth-order valence-electron chi connectivity index (χ4n) is 1.81. The van der Waals surface area contributed by atoms with E-state index < -0.39 is 0 Å². The second kappa shape index (κ2) is 9.56. The van der Waals surface area contributed by atoms with Gasteiger partial charge in [0.2, 0.25) is 0 Å². The Bertz CT molecular complexity index is 146. The molecule has 3 aliphatic rings. The van der Waals surface area contributed by atoms with Crippen LogP contribution in [0.15, 0.2) is 0 Å². The molecule has 0 aromatic rings. The van der Waals surface area contributed by atoms with E-state index in [1.807, 2.05) is 0 Å².